The molecule has 0 unspecified atom stereocenters. The highest BCUT2D eigenvalue weighted by atomic mass is 16.5. The normalized spacial score (nSPS) is 16.4. The van der Waals surface area contributed by atoms with E-state index in [4.69, 9.17) is 4.52 Å². The lowest BCUT2D eigenvalue weighted by Gasteiger charge is -2.34. The molecule has 7 heteroatoms. The number of hydrogen-bond acceptors (Lipinski definition) is 6. The minimum atomic E-state index is -0.0266. The molecule has 1 fully saturated rings. The Hall–Kier alpha value is -2.51. The zero-order valence-electron chi connectivity index (χ0n) is 15.2. The van der Waals surface area contributed by atoms with Crippen molar-refractivity contribution in [3.05, 3.63) is 57.8 Å². The van der Waals surface area contributed by atoms with E-state index in [9.17, 15) is 4.79 Å². The van der Waals surface area contributed by atoms with Gasteiger partial charge in [-0.2, -0.15) is 5.10 Å². The molecule has 4 rings (SSSR count). The first-order valence-electron chi connectivity index (χ1n) is 8.93. The quantitative estimate of drug-likeness (QED) is 0.712. The Morgan fingerprint density at radius 2 is 1.81 bits per heavy atom. The van der Waals surface area contributed by atoms with Crippen molar-refractivity contribution in [3.63, 3.8) is 0 Å². The molecule has 1 aromatic carbocycles. The van der Waals surface area contributed by atoms with Crippen LogP contribution < -0.4 is 5.56 Å². The number of benzene rings is 1. The van der Waals surface area contributed by atoms with Crippen LogP contribution in [-0.4, -0.2) is 50.9 Å². The maximum atomic E-state index is 12.6. The third-order valence-electron chi connectivity index (χ3n) is 5.12. The SMILES string of the molecule is Cc1noc(C)c1CN1CCN(Cn2ncc3ccccc3c2=O)CC1. The van der Waals surface area contributed by atoms with Gasteiger partial charge in [-0.25, -0.2) is 4.68 Å². The lowest BCUT2D eigenvalue weighted by atomic mass is 10.2. The van der Waals surface area contributed by atoms with Gasteiger partial charge >= 0.3 is 0 Å². The lowest BCUT2D eigenvalue weighted by Crippen LogP contribution is -2.47. The predicted octanol–water partition coefficient (Wildman–Crippen LogP) is 1.78. The minimum absolute atomic E-state index is 0.0266. The summed E-state index contributed by atoms with van der Waals surface area (Å²) in [4.78, 5) is 17.3. The van der Waals surface area contributed by atoms with Crippen molar-refractivity contribution in [1.82, 2.24) is 24.7 Å². The maximum absolute atomic E-state index is 12.6. The van der Waals surface area contributed by atoms with E-state index in [1.165, 1.54) is 5.56 Å². The largest absolute Gasteiger partial charge is 0.361 e. The van der Waals surface area contributed by atoms with E-state index in [-0.39, 0.29) is 5.56 Å². The maximum Gasteiger partial charge on any atom is 0.275 e. The Balaban J connectivity index is 1.40. The number of piperazine rings is 1. The van der Waals surface area contributed by atoms with Crippen molar-refractivity contribution < 1.29 is 4.52 Å². The summed E-state index contributed by atoms with van der Waals surface area (Å²) in [5, 5.41) is 9.97. The van der Waals surface area contributed by atoms with Crippen molar-refractivity contribution >= 4 is 10.8 Å². The summed E-state index contributed by atoms with van der Waals surface area (Å²) in [5.74, 6) is 0.900. The van der Waals surface area contributed by atoms with Crippen LogP contribution >= 0.6 is 0 Å². The van der Waals surface area contributed by atoms with E-state index in [2.05, 4.69) is 20.1 Å². The number of aromatic nitrogens is 3. The van der Waals surface area contributed by atoms with Crippen LogP contribution in [0.25, 0.3) is 10.8 Å². The first-order chi connectivity index (χ1) is 12.6. The van der Waals surface area contributed by atoms with Crippen LogP contribution in [0.4, 0.5) is 0 Å². The van der Waals surface area contributed by atoms with E-state index < -0.39 is 0 Å². The van der Waals surface area contributed by atoms with E-state index in [0.717, 1.165) is 55.0 Å². The van der Waals surface area contributed by atoms with Gasteiger partial charge in [0.2, 0.25) is 0 Å². The zero-order chi connectivity index (χ0) is 18.1. The van der Waals surface area contributed by atoms with Gasteiger partial charge in [0, 0.05) is 43.7 Å². The Morgan fingerprint density at radius 3 is 2.54 bits per heavy atom. The fourth-order valence-electron chi connectivity index (χ4n) is 3.46. The number of nitrogens with zero attached hydrogens (tertiary/aromatic N) is 5. The molecule has 7 nitrogen and oxygen atoms in total. The van der Waals surface area contributed by atoms with Crippen LogP contribution in [0.3, 0.4) is 0 Å². The molecular formula is C19H23N5O2. The van der Waals surface area contributed by atoms with Crippen molar-refractivity contribution in [1.29, 1.82) is 0 Å². The summed E-state index contributed by atoms with van der Waals surface area (Å²) in [6.45, 7) is 9.06. The highest BCUT2D eigenvalue weighted by molar-refractivity contribution is 5.80. The highest BCUT2D eigenvalue weighted by Gasteiger charge is 2.20. The van der Waals surface area contributed by atoms with E-state index in [1.54, 1.807) is 10.9 Å². The second-order valence-corrected chi connectivity index (χ2v) is 6.87. The second-order valence-electron chi connectivity index (χ2n) is 6.87. The van der Waals surface area contributed by atoms with Crippen LogP contribution in [0.15, 0.2) is 39.8 Å². The van der Waals surface area contributed by atoms with Gasteiger partial charge < -0.3 is 4.52 Å². The molecule has 26 heavy (non-hydrogen) atoms. The Kier molecular flexibility index (Phi) is 4.57. The third-order valence-corrected chi connectivity index (χ3v) is 5.12. The molecule has 136 valence electrons. The average molecular weight is 353 g/mol. The molecule has 0 spiro atoms. The van der Waals surface area contributed by atoms with Gasteiger partial charge in [0.15, 0.2) is 0 Å². The van der Waals surface area contributed by atoms with Crippen LogP contribution in [-0.2, 0) is 13.2 Å². The summed E-state index contributed by atoms with van der Waals surface area (Å²) < 4.78 is 6.81. The first kappa shape index (κ1) is 16.9. The number of aryl methyl sites for hydroxylation is 2. The van der Waals surface area contributed by atoms with Crippen LogP contribution in [0, 0.1) is 13.8 Å². The molecule has 3 aromatic rings. The van der Waals surface area contributed by atoms with Crippen LogP contribution in [0.2, 0.25) is 0 Å². The Morgan fingerprint density at radius 1 is 1.08 bits per heavy atom. The number of hydrogen-bond donors (Lipinski definition) is 0. The first-order valence-corrected chi connectivity index (χ1v) is 8.93. The Bertz CT molecular complexity index is 950. The van der Waals surface area contributed by atoms with Gasteiger partial charge in [-0.05, 0) is 19.9 Å². The number of fused-ring (bicyclic) bond motifs is 1. The lowest BCUT2D eigenvalue weighted by molar-refractivity contribution is 0.0968. The summed E-state index contributed by atoms with van der Waals surface area (Å²) in [6, 6.07) is 7.59. The van der Waals surface area contributed by atoms with Gasteiger partial charge in [0.1, 0.15) is 5.76 Å². The van der Waals surface area contributed by atoms with Gasteiger partial charge in [-0.15, -0.1) is 0 Å². The number of rotatable bonds is 4. The van der Waals surface area contributed by atoms with Gasteiger partial charge in [-0.1, -0.05) is 23.4 Å². The Labute approximate surface area is 151 Å². The molecule has 0 radical (unpaired) electrons. The molecule has 0 aliphatic carbocycles. The highest BCUT2D eigenvalue weighted by Crippen LogP contribution is 2.16. The molecule has 0 atom stereocenters. The van der Waals surface area contributed by atoms with E-state index in [1.807, 2.05) is 38.1 Å². The molecule has 0 bridgehead atoms. The van der Waals surface area contributed by atoms with E-state index >= 15 is 0 Å². The zero-order valence-corrected chi connectivity index (χ0v) is 15.2. The molecule has 0 amide bonds. The third kappa shape index (κ3) is 3.27. The summed E-state index contributed by atoms with van der Waals surface area (Å²) >= 11 is 0. The van der Waals surface area contributed by atoms with Gasteiger partial charge in [-0.3, -0.25) is 14.6 Å². The predicted molar refractivity (Wildman–Crippen MR) is 98.8 cm³/mol. The fourth-order valence-corrected chi connectivity index (χ4v) is 3.46. The topological polar surface area (TPSA) is 67.4 Å². The second kappa shape index (κ2) is 7.01. The molecule has 3 heterocycles. The summed E-state index contributed by atoms with van der Waals surface area (Å²) in [7, 11) is 0. The smallest absolute Gasteiger partial charge is 0.275 e. The molecule has 1 aliphatic heterocycles. The molecule has 0 N–H and O–H groups in total. The summed E-state index contributed by atoms with van der Waals surface area (Å²) in [6.07, 6.45) is 1.77. The minimum Gasteiger partial charge on any atom is -0.361 e. The standard InChI is InChI=1S/C19H23N5O2/c1-14-18(15(2)26-21-14)12-22-7-9-23(10-8-22)13-24-19(25)17-6-4-3-5-16(17)11-20-24/h3-6,11H,7-10,12-13H2,1-2H3. The monoisotopic (exact) mass is 353 g/mol. The average Bonchev–Trinajstić information content (AvgIpc) is 2.98. The molecule has 2 aromatic heterocycles. The van der Waals surface area contributed by atoms with Crippen molar-refractivity contribution in [2.45, 2.75) is 27.1 Å². The molecule has 0 saturated carbocycles. The van der Waals surface area contributed by atoms with Gasteiger partial charge in [0.05, 0.1) is 23.9 Å². The van der Waals surface area contributed by atoms with Gasteiger partial charge in [0.25, 0.3) is 5.56 Å². The van der Waals surface area contributed by atoms with Crippen molar-refractivity contribution in [2.75, 3.05) is 26.2 Å². The fraction of sp³-hybridized carbons (Fsp3) is 0.421. The molecule has 1 saturated heterocycles. The molecular weight excluding hydrogens is 330 g/mol. The summed E-state index contributed by atoms with van der Waals surface area (Å²) in [5.41, 5.74) is 2.13. The van der Waals surface area contributed by atoms with Crippen LogP contribution in [0.5, 0.6) is 0 Å². The van der Waals surface area contributed by atoms with Crippen molar-refractivity contribution in [2.24, 2.45) is 0 Å². The van der Waals surface area contributed by atoms with Crippen LogP contribution in [0.1, 0.15) is 17.0 Å². The van der Waals surface area contributed by atoms with E-state index in [0.29, 0.717) is 6.67 Å². The molecule has 1 aliphatic rings. The van der Waals surface area contributed by atoms with Crippen molar-refractivity contribution in [3.8, 4) is 0 Å².